The summed E-state index contributed by atoms with van der Waals surface area (Å²) >= 11 is 1.50. The predicted molar refractivity (Wildman–Crippen MR) is 112 cm³/mol. The Morgan fingerprint density at radius 2 is 1.76 bits per heavy atom. The monoisotopic (exact) mass is 412 g/mol. The van der Waals surface area contributed by atoms with E-state index in [4.69, 9.17) is 14.2 Å². The molecule has 0 saturated heterocycles. The average Bonchev–Trinajstić information content (AvgIpc) is 2.72. The third-order valence-corrected chi connectivity index (χ3v) is 5.14. The van der Waals surface area contributed by atoms with Crippen LogP contribution < -0.4 is 10.2 Å². The second-order valence-corrected chi connectivity index (χ2v) is 7.20. The van der Waals surface area contributed by atoms with Crippen LogP contribution in [0.15, 0.2) is 59.4 Å². The number of fused-ring (bicyclic) bond motifs is 2. The Hall–Kier alpha value is -3.19. The molecule has 0 N–H and O–H groups in total. The van der Waals surface area contributed by atoms with Gasteiger partial charge in [0, 0.05) is 32.7 Å². The number of hydrogen-bond donors (Lipinski definition) is 0. The summed E-state index contributed by atoms with van der Waals surface area (Å²) in [6, 6.07) is 12.6. The van der Waals surface area contributed by atoms with Crippen molar-refractivity contribution in [3.63, 3.8) is 0 Å². The van der Waals surface area contributed by atoms with Crippen molar-refractivity contribution < 1.29 is 23.8 Å². The zero-order valence-electron chi connectivity index (χ0n) is 15.9. The zero-order chi connectivity index (χ0) is 20.6. The highest BCUT2D eigenvalue weighted by atomic mass is 32.1. The highest BCUT2D eigenvalue weighted by Crippen LogP contribution is 2.27. The highest BCUT2D eigenvalue weighted by molar-refractivity contribution is 7.24. The molecule has 0 aliphatic rings. The maximum Gasteiger partial charge on any atom is 0.344 e. The minimum absolute atomic E-state index is 0.0181. The lowest BCUT2D eigenvalue weighted by molar-refractivity contribution is -0.146. The number of hydrogen-bond acceptors (Lipinski definition) is 7. The van der Waals surface area contributed by atoms with Gasteiger partial charge in [0.1, 0.15) is 5.75 Å². The summed E-state index contributed by atoms with van der Waals surface area (Å²) in [5, 5.41) is 1.31. The van der Waals surface area contributed by atoms with Crippen LogP contribution in [-0.4, -0.2) is 31.8 Å². The minimum atomic E-state index is -0.517. The van der Waals surface area contributed by atoms with Gasteiger partial charge in [0.25, 0.3) is 0 Å². The van der Waals surface area contributed by atoms with Crippen LogP contribution in [0, 0.1) is 0 Å². The summed E-state index contributed by atoms with van der Waals surface area (Å²) in [4.78, 5) is 35.5. The average molecular weight is 412 g/mol. The number of carbonyl (C=O) groups excluding carboxylic acids is 2. The van der Waals surface area contributed by atoms with Crippen molar-refractivity contribution in [2.24, 2.45) is 0 Å². The first-order valence-corrected chi connectivity index (χ1v) is 9.93. The third-order valence-electron chi connectivity index (χ3n) is 4.00. The van der Waals surface area contributed by atoms with Gasteiger partial charge < -0.3 is 14.2 Å². The molecule has 0 amide bonds. The molecule has 7 heteroatoms. The molecule has 0 unspecified atom stereocenters. The van der Waals surface area contributed by atoms with E-state index in [1.165, 1.54) is 17.4 Å². The van der Waals surface area contributed by atoms with Crippen LogP contribution in [-0.2, 0) is 19.1 Å². The Morgan fingerprint density at radius 3 is 2.59 bits per heavy atom. The molecule has 0 bridgehead atoms. The van der Waals surface area contributed by atoms with Gasteiger partial charge in [-0.15, -0.1) is 11.3 Å². The second-order valence-electron chi connectivity index (χ2n) is 6.12. The summed E-state index contributed by atoms with van der Waals surface area (Å²) in [6.45, 7) is 1.79. The quantitative estimate of drug-likeness (QED) is 0.242. The van der Waals surface area contributed by atoms with E-state index in [9.17, 15) is 14.4 Å². The number of rotatable bonds is 8. The first kappa shape index (κ1) is 20.5. The summed E-state index contributed by atoms with van der Waals surface area (Å²) < 4.78 is 17.1. The lowest BCUT2D eigenvalue weighted by atomic mass is 10.2. The molecule has 1 aromatic heterocycles. The number of carbonyl (C=O) groups is 2. The Morgan fingerprint density at radius 1 is 1.00 bits per heavy atom. The molecule has 0 saturated carbocycles. The van der Waals surface area contributed by atoms with E-state index in [1.54, 1.807) is 31.2 Å². The topological polar surface area (TPSA) is 78.9 Å². The van der Waals surface area contributed by atoms with E-state index in [1.807, 2.05) is 24.3 Å². The number of esters is 2. The van der Waals surface area contributed by atoms with Crippen molar-refractivity contribution in [2.75, 3.05) is 19.8 Å². The van der Waals surface area contributed by atoms with Gasteiger partial charge in [-0.25, -0.2) is 9.59 Å². The summed E-state index contributed by atoms with van der Waals surface area (Å²) in [5.41, 5.74) is -0.0181. The molecule has 0 atom stereocenters. The molecule has 0 aliphatic heterocycles. The molecule has 2 aromatic carbocycles. The normalized spacial score (nSPS) is 11.1. The molecule has 6 nitrogen and oxygen atoms in total. The molecule has 3 aromatic rings. The van der Waals surface area contributed by atoms with E-state index in [-0.39, 0.29) is 25.2 Å². The smallest absolute Gasteiger partial charge is 0.344 e. The van der Waals surface area contributed by atoms with Crippen molar-refractivity contribution >= 4 is 43.4 Å². The van der Waals surface area contributed by atoms with Crippen LogP contribution in [0.1, 0.15) is 13.3 Å². The molecule has 1 heterocycles. The SMILES string of the molecule is CC=CC(=O)OCCCOC(=O)COc1ccc2c(=O)c3ccccc3sc2c1. The first-order valence-electron chi connectivity index (χ1n) is 9.12. The molecule has 0 fully saturated rings. The maximum absolute atomic E-state index is 12.6. The maximum atomic E-state index is 12.6. The van der Waals surface area contributed by atoms with Crippen molar-refractivity contribution in [3.8, 4) is 5.75 Å². The summed E-state index contributed by atoms with van der Waals surface area (Å²) in [7, 11) is 0. The molecular formula is C22H20O6S. The van der Waals surface area contributed by atoms with Crippen molar-refractivity contribution in [1.29, 1.82) is 0 Å². The third kappa shape index (κ3) is 5.42. The van der Waals surface area contributed by atoms with Gasteiger partial charge in [0.15, 0.2) is 12.0 Å². The van der Waals surface area contributed by atoms with Crippen LogP contribution in [0.25, 0.3) is 20.2 Å². The summed E-state index contributed by atoms with van der Waals surface area (Å²) in [6.07, 6.45) is 3.32. The van der Waals surface area contributed by atoms with Crippen LogP contribution in [0.3, 0.4) is 0 Å². The number of allylic oxidation sites excluding steroid dienone is 1. The Kier molecular flexibility index (Phi) is 6.97. The van der Waals surface area contributed by atoms with Crippen LogP contribution in [0.5, 0.6) is 5.75 Å². The van der Waals surface area contributed by atoms with Gasteiger partial charge in [-0.1, -0.05) is 18.2 Å². The Bertz CT molecular complexity index is 1120. The molecule has 3 rings (SSSR count). The fourth-order valence-corrected chi connectivity index (χ4v) is 3.76. The fourth-order valence-electron chi connectivity index (χ4n) is 2.66. The van der Waals surface area contributed by atoms with Crippen LogP contribution in [0.2, 0.25) is 0 Å². The van der Waals surface area contributed by atoms with Crippen molar-refractivity contribution in [3.05, 3.63) is 64.8 Å². The van der Waals surface area contributed by atoms with Crippen LogP contribution >= 0.6 is 11.3 Å². The van der Waals surface area contributed by atoms with Crippen molar-refractivity contribution in [2.45, 2.75) is 13.3 Å². The van der Waals surface area contributed by atoms with Crippen molar-refractivity contribution in [1.82, 2.24) is 0 Å². The van der Waals surface area contributed by atoms with Gasteiger partial charge >= 0.3 is 11.9 Å². The van der Waals surface area contributed by atoms with E-state index in [2.05, 4.69) is 0 Å². The van der Waals surface area contributed by atoms with E-state index >= 15 is 0 Å². The number of ether oxygens (including phenoxy) is 3. The fraction of sp³-hybridized carbons (Fsp3) is 0.227. The molecule has 150 valence electrons. The minimum Gasteiger partial charge on any atom is -0.482 e. The lowest BCUT2D eigenvalue weighted by Gasteiger charge is -2.08. The standard InChI is InChI=1S/C22H20O6S/c1-2-6-20(23)26-11-5-12-27-21(24)14-28-15-9-10-17-19(13-15)29-18-8-4-3-7-16(18)22(17)25/h2-4,6-10,13H,5,11-12,14H2,1H3. The van der Waals surface area contributed by atoms with Crippen LogP contribution in [0.4, 0.5) is 0 Å². The lowest BCUT2D eigenvalue weighted by Crippen LogP contribution is -2.16. The summed E-state index contributed by atoms with van der Waals surface area (Å²) in [5.74, 6) is -0.453. The van der Waals surface area contributed by atoms with E-state index in [0.717, 1.165) is 9.40 Å². The highest BCUT2D eigenvalue weighted by Gasteiger charge is 2.09. The van der Waals surface area contributed by atoms with Gasteiger partial charge in [0.2, 0.25) is 0 Å². The van der Waals surface area contributed by atoms with Gasteiger partial charge in [-0.3, -0.25) is 4.79 Å². The molecule has 0 aliphatic carbocycles. The van der Waals surface area contributed by atoms with Gasteiger partial charge in [-0.05, 0) is 37.3 Å². The first-order chi connectivity index (χ1) is 14.1. The van der Waals surface area contributed by atoms with E-state index in [0.29, 0.717) is 22.9 Å². The molecule has 29 heavy (non-hydrogen) atoms. The van der Waals surface area contributed by atoms with E-state index < -0.39 is 11.9 Å². The molecule has 0 radical (unpaired) electrons. The van der Waals surface area contributed by atoms with Gasteiger partial charge in [-0.2, -0.15) is 0 Å². The Balaban J connectivity index is 1.53. The second kappa shape index (κ2) is 9.84. The predicted octanol–water partition coefficient (Wildman–Crippen LogP) is 3.85. The molecule has 0 spiro atoms. The molecular weight excluding hydrogens is 392 g/mol. The number of benzene rings is 2. The Labute approximate surface area is 171 Å². The largest absolute Gasteiger partial charge is 0.482 e. The van der Waals surface area contributed by atoms with Gasteiger partial charge in [0.05, 0.1) is 13.2 Å². The zero-order valence-corrected chi connectivity index (χ0v) is 16.7.